The van der Waals surface area contributed by atoms with E-state index in [9.17, 15) is 4.79 Å². The number of morpholine rings is 1. The van der Waals surface area contributed by atoms with Crippen molar-refractivity contribution >= 4 is 17.4 Å². The first-order valence-electron chi connectivity index (χ1n) is 8.09. The summed E-state index contributed by atoms with van der Waals surface area (Å²) in [7, 11) is 1.85. The van der Waals surface area contributed by atoms with E-state index < -0.39 is 0 Å². The Kier molecular flexibility index (Phi) is 5.33. The fraction of sp³-hybridized carbons (Fsp3) is 0.688. The first-order chi connectivity index (χ1) is 10.7. The standard InChI is InChI=1S/C16H25N3O2S/c1-18(8-6-15-5-3-9-22-15)16(20)17-10-14-11-19-7-2-4-13(19)12-21-14/h3,5,9,13-14H,2,4,6-8,10-12H2,1H3,(H,17,20). The molecule has 2 atom stereocenters. The van der Waals surface area contributed by atoms with Crippen LogP contribution in [0.1, 0.15) is 17.7 Å². The monoisotopic (exact) mass is 323 g/mol. The molecule has 0 saturated carbocycles. The van der Waals surface area contributed by atoms with E-state index in [1.165, 1.54) is 24.3 Å². The molecule has 122 valence electrons. The molecule has 2 fully saturated rings. The predicted octanol–water partition coefficient (Wildman–Crippen LogP) is 1.80. The Bertz CT molecular complexity index is 480. The third kappa shape index (κ3) is 4.00. The zero-order valence-electron chi connectivity index (χ0n) is 13.2. The van der Waals surface area contributed by atoms with Gasteiger partial charge in [0.2, 0.25) is 0 Å². The first kappa shape index (κ1) is 15.8. The number of thiophene rings is 1. The molecule has 2 saturated heterocycles. The SMILES string of the molecule is CN(CCc1cccs1)C(=O)NCC1CN2CCCC2CO1. The van der Waals surface area contributed by atoms with Gasteiger partial charge in [-0.1, -0.05) is 6.07 Å². The van der Waals surface area contributed by atoms with E-state index in [0.717, 1.165) is 26.1 Å². The van der Waals surface area contributed by atoms with Crippen LogP contribution in [-0.4, -0.2) is 67.8 Å². The van der Waals surface area contributed by atoms with Crippen LogP contribution in [0.4, 0.5) is 4.79 Å². The maximum Gasteiger partial charge on any atom is 0.317 e. The molecule has 1 aromatic rings. The molecule has 3 rings (SSSR count). The van der Waals surface area contributed by atoms with Crippen molar-refractivity contribution in [1.82, 2.24) is 15.1 Å². The lowest BCUT2D eigenvalue weighted by molar-refractivity contribution is -0.0460. The largest absolute Gasteiger partial charge is 0.373 e. The summed E-state index contributed by atoms with van der Waals surface area (Å²) in [5.74, 6) is 0. The summed E-state index contributed by atoms with van der Waals surface area (Å²) in [6, 6.07) is 4.76. The fourth-order valence-electron chi connectivity index (χ4n) is 3.18. The Hall–Kier alpha value is -1.11. The van der Waals surface area contributed by atoms with E-state index >= 15 is 0 Å². The number of hydrogen-bond donors (Lipinski definition) is 1. The average Bonchev–Trinajstić information content (AvgIpc) is 3.20. The number of hydrogen-bond acceptors (Lipinski definition) is 4. The molecule has 2 aliphatic rings. The molecule has 0 bridgehead atoms. The number of fused-ring (bicyclic) bond motifs is 1. The van der Waals surface area contributed by atoms with Gasteiger partial charge in [-0.25, -0.2) is 4.79 Å². The highest BCUT2D eigenvalue weighted by molar-refractivity contribution is 7.09. The van der Waals surface area contributed by atoms with Gasteiger partial charge < -0.3 is 15.0 Å². The van der Waals surface area contributed by atoms with E-state index in [1.54, 1.807) is 16.2 Å². The lowest BCUT2D eigenvalue weighted by Gasteiger charge is -2.35. The smallest absolute Gasteiger partial charge is 0.317 e. The lowest BCUT2D eigenvalue weighted by Crippen LogP contribution is -2.51. The highest BCUT2D eigenvalue weighted by Gasteiger charge is 2.32. The number of urea groups is 1. The van der Waals surface area contributed by atoms with Gasteiger partial charge >= 0.3 is 6.03 Å². The Morgan fingerprint density at radius 3 is 3.32 bits per heavy atom. The molecule has 0 aliphatic carbocycles. The van der Waals surface area contributed by atoms with Crippen LogP contribution in [0.3, 0.4) is 0 Å². The Balaban J connectivity index is 1.36. The van der Waals surface area contributed by atoms with Crippen LogP contribution in [0.25, 0.3) is 0 Å². The highest BCUT2D eigenvalue weighted by Crippen LogP contribution is 2.22. The van der Waals surface area contributed by atoms with Crippen LogP contribution in [0.15, 0.2) is 17.5 Å². The second-order valence-corrected chi connectivity index (χ2v) is 7.22. The number of amides is 2. The molecule has 3 heterocycles. The Morgan fingerprint density at radius 2 is 2.50 bits per heavy atom. The van der Waals surface area contributed by atoms with Gasteiger partial charge in [-0.2, -0.15) is 0 Å². The number of carbonyl (C=O) groups excluding carboxylic acids is 1. The van der Waals surface area contributed by atoms with Crippen LogP contribution in [-0.2, 0) is 11.2 Å². The summed E-state index contributed by atoms with van der Waals surface area (Å²) in [5, 5.41) is 5.07. The van der Waals surface area contributed by atoms with Gasteiger partial charge in [0.15, 0.2) is 0 Å². The molecule has 1 aromatic heterocycles. The molecule has 0 aromatic carbocycles. The lowest BCUT2D eigenvalue weighted by atomic mass is 10.2. The minimum absolute atomic E-state index is 0.0105. The molecule has 0 spiro atoms. The van der Waals surface area contributed by atoms with Crippen LogP contribution in [0.2, 0.25) is 0 Å². The fourth-order valence-corrected chi connectivity index (χ4v) is 3.88. The minimum atomic E-state index is -0.0105. The van der Waals surface area contributed by atoms with Gasteiger partial charge in [0.25, 0.3) is 0 Å². The van der Waals surface area contributed by atoms with Crippen molar-refractivity contribution in [1.29, 1.82) is 0 Å². The van der Waals surface area contributed by atoms with Gasteiger partial charge in [0.05, 0.1) is 12.7 Å². The van der Waals surface area contributed by atoms with Crippen molar-refractivity contribution in [3.05, 3.63) is 22.4 Å². The molecular formula is C16H25N3O2S. The zero-order valence-corrected chi connectivity index (χ0v) is 14.0. The summed E-state index contributed by atoms with van der Waals surface area (Å²) in [4.78, 5) is 17.7. The molecule has 2 unspecified atom stereocenters. The van der Waals surface area contributed by atoms with Gasteiger partial charge in [-0.3, -0.25) is 4.90 Å². The molecule has 22 heavy (non-hydrogen) atoms. The molecule has 1 N–H and O–H groups in total. The molecular weight excluding hydrogens is 298 g/mol. The number of rotatable bonds is 5. The third-order valence-electron chi connectivity index (χ3n) is 4.56. The first-order valence-corrected chi connectivity index (χ1v) is 8.97. The molecule has 0 radical (unpaired) electrons. The summed E-state index contributed by atoms with van der Waals surface area (Å²) in [6.45, 7) is 4.29. The summed E-state index contributed by atoms with van der Waals surface area (Å²) < 4.78 is 5.87. The van der Waals surface area contributed by atoms with Crippen LogP contribution < -0.4 is 5.32 Å². The number of carbonyl (C=O) groups is 1. The number of nitrogens with one attached hydrogen (secondary N) is 1. The van der Waals surface area contributed by atoms with E-state index in [4.69, 9.17) is 4.74 Å². The van der Waals surface area contributed by atoms with Crippen molar-refractivity contribution in [2.24, 2.45) is 0 Å². The maximum absolute atomic E-state index is 12.1. The molecule has 2 amide bonds. The van der Waals surface area contributed by atoms with Crippen molar-refractivity contribution in [2.75, 3.05) is 39.8 Å². The van der Waals surface area contributed by atoms with Crippen molar-refractivity contribution in [3.63, 3.8) is 0 Å². The second-order valence-electron chi connectivity index (χ2n) is 6.18. The van der Waals surface area contributed by atoms with Gasteiger partial charge in [-0.05, 0) is 37.3 Å². The van der Waals surface area contributed by atoms with Crippen molar-refractivity contribution in [3.8, 4) is 0 Å². The molecule has 2 aliphatic heterocycles. The highest BCUT2D eigenvalue weighted by atomic mass is 32.1. The third-order valence-corrected chi connectivity index (χ3v) is 5.50. The second kappa shape index (κ2) is 7.44. The Labute approximate surface area is 136 Å². The van der Waals surface area contributed by atoms with E-state index in [0.29, 0.717) is 12.6 Å². The maximum atomic E-state index is 12.1. The predicted molar refractivity (Wildman–Crippen MR) is 88.4 cm³/mol. The Morgan fingerprint density at radius 1 is 1.59 bits per heavy atom. The zero-order chi connectivity index (χ0) is 15.4. The topological polar surface area (TPSA) is 44.8 Å². The summed E-state index contributed by atoms with van der Waals surface area (Å²) >= 11 is 1.74. The average molecular weight is 323 g/mol. The van der Waals surface area contributed by atoms with Crippen molar-refractivity contribution in [2.45, 2.75) is 31.4 Å². The van der Waals surface area contributed by atoms with Crippen LogP contribution in [0.5, 0.6) is 0 Å². The number of ether oxygens (including phenoxy) is 1. The summed E-state index contributed by atoms with van der Waals surface area (Å²) in [5.41, 5.74) is 0. The molecule has 6 heteroatoms. The van der Waals surface area contributed by atoms with E-state index in [2.05, 4.69) is 21.7 Å². The van der Waals surface area contributed by atoms with Crippen LogP contribution >= 0.6 is 11.3 Å². The number of likely N-dealkylation sites (N-methyl/N-ethyl adjacent to an activating group) is 1. The normalized spacial score (nSPS) is 25.0. The minimum Gasteiger partial charge on any atom is -0.373 e. The van der Waals surface area contributed by atoms with E-state index in [-0.39, 0.29) is 12.1 Å². The van der Waals surface area contributed by atoms with Crippen molar-refractivity contribution < 1.29 is 9.53 Å². The van der Waals surface area contributed by atoms with Gasteiger partial charge in [0.1, 0.15) is 0 Å². The number of nitrogens with zero attached hydrogens (tertiary/aromatic N) is 2. The van der Waals surface area contributed by atoms with Gasteiger partial charge in [-0.15, -0.1) is 11.3 Å². The van der Waals surface area contributed by atoms with E-state index in [1.807, 2.05) is 13.1 Å². The van der Waals surface area contributed by atoms with Gasteiger partial charge in [0, 0.05) is 37.6 Å². The summed E-state index contributed by atoms with van der Waals surface area (Å²) in [6.07, 6.45) is 3.57. The molecule has 5 nitrogen and oxygen atoms in total. The van der Waals surface area contributed by atoms with Crippen LogP contribution in [0, 0.1) is 0 Å². The quantitative estimate of drug-likeness (QED) is 0.899.